The summed E-state index contributed by atoms with van der Waals surface area (Å²) in [6.07, 6.45) is -0.401. The van der Waals surface area contributed by atoms with Gasteiger partial charge in [-0.2, -0.15) is 5.10 Å². The molecule has 19 heavy (non-hydrogen) atoms. The molecule has 0 aliphatic carbocycles. The molecule has 0 unspecified atom stereocenters. The fourth-order valence-electron chi connectivity index (χ4n) is 1.23. The average Bonchev–Trinajstić information content (AvgIpc) is 2.77. The van der Waals surface area contributed by atoms with Crippen molar-refractivity contribution in [1.29, 1.82) is 0 Å². The van der Waals surface area contributed by atoms with Gasteiger partial charge in [0.25, 0.3) is 0 Å². The first kappa shape index (κ1) is 14.7. The lowest BCUT2D eigenvalue weighted by atomic mass is 10.4. The fraction of sp³-hybridized carbons (Fsp3) is 0.455. The quantitative estimate of drug-likeness (QED) is 0.574. The van der Waals surface area contributed by atoms with Crippen LogP contribution in [0.4, 0.5) is 5.82 Å². The SMILES string of the molecule is CCOC(=O)CC(=O)Nc1cc(C(=O)OCC)n[nH]1. The van der Waals surface area contributed by atoms with Crippen molar-refractivity contribution < 1.29 is 23.9 Å². The van der Waals surface area contributed by atoms with Crippen LogP contribution in [0.3, 0.4) is 0 Å². The van der Waals surface area contributed by atoms with Crippen LogP contribution < -0.4 is 5.32 Å². The van der Waals surface area contributed by atoms with Crippen LogP contribution in [-0.4, -0.2) is 41.3 Å². The Labute approximate surface area is 109 Å². The summed E-state index contributed by atoms with van der Waals surface area (Å²) in [4.78, 5) is 33.8. The number of nitrogens with one attached hydrogen (secondary N) is 2. The van der Waals surface area contributed by atoms with Crippen LogP contribution in [0.15, 0.2) is 6.07 Å². The number of esters is 2. The number of H-pyrrole nitrogens is 1. The molecule has 0 saturated carbocycles. The topological polar surface area (TPSA) is 110 Å². The molecule has 0 aromatic carbocycles. The molecule has 8 nitrogen and oxygen atoms in total. The molecule has 0 saturated heterocycles. The van der Waals surface area contributed by atoms with E-state index in [-0.39, 0.29) is 24.7 Å². The Morgan fingerprint density at radius 1 is 1.26 bits per heavy atom. The Hall–Kier alpha value is -2.38. The average molecular weight is 269 g/mol. The second-order valence-electron chi connectivity index (χ2n) is 3.42. The number of hydrogen-bond donors (Lipinski definition) is 2. The molecule has 1 heterocycles. The van der Waals surface area contributed by atoms with Gasteiger partial charge < -0.3 is 14.8 Å². The van der Waals surface area contributed by atoms with E-state index in [1.807, 2.05) is 0 Å². The second kappa shape index (κ2) is 7.14. The number of amides is 1. The number of aromatic amines is 1. The molecule has 1 amide bonds. The number of hydrogen-bond acceptors (Lipinski definition) is 6. The predicted molar refractivity (Wildman–Crippen MR) is 64.4 cm³/mol. The Kier molecular flexibility index (Phi) is 5.52. The number of carbonyl (C=O) groups is 3. The van der Waals surface area contributed by atoms with Crippen LogP contribution >= 0.6 is 0 Å². The molecule has 1 aromatic heterocycles. The van der Waals surface area contributed by atoms with Crippen LogP contribution in [0.1, 0.15) is 30.8 Å². The molecule has 2 N–H and O–H groups in total. The van der Waals surface area contributed by atoms with Gasteiger partial charge in [0.05, 0.1) is 13.2 Å². The predicted octanol–water partition coefficient (Wildman–Crippen LogP) is 0.478. The van der Waals surface area contributed by atoms with E-state index in [1.54, 1.807) is 13.8 Å². The maximum atomic E-state index is 11.4. The molecule has 0 fully saturated rings. The zero-order valence-corrected chi connectivity index (χ0v) is 10.7. The van der Waals surface area contributed by atoms with Crippen LogP contribution in [0, 0.1) is 0 Å². The number of aromatic nitrogens is 2. The van der Waals surface area contributed by atoms with Gasteiger partial charge in [-0.15, -0.1) is 0 Å². The Morgan fingerprint density at radius 3 is 2.58 bits per heavy atom. The number of carbonyl (C=O) groups excluding carboxylic acids is 3. The Balaban J connectivity index is 2.51. The van der Waals surface area contributed by atoms with Gasteiger partial charge >= 0.3 is 11.9 Å². The van der Waals surface area contributed by atoms with Gasteiger partial charge in [-0.3, -0.25) is 14.7 Å². The van der Waals surface area contributed by atoms with E-state index in [1.165, 1.54) is 6.07 Å². The van der Waals surface area contributed by atoms with Gasteiger partial charge in [0.15, 0.2) is 5.69 Å². The first-order valence-corrected chi connectivity index (χ1v) is 5.74. The molecule has 0 aliphatic rings. The number of anilines is 1. The highest BCUT2D eigenvalue weighted by Crippen LogP contribution is 2.07. The summed E-state index contributed by atoms with van der Waals surface area (Å²) in [6, 6.07) is 1.32. The zero-order chi connectivity index (χ0) is 14.3. The fourth-order valence-corrected chi connectivity index (χ4v) is 1.23. The highest BCUT2D eigenvalue weighted by Gasteiger charge is 2.14. The minimum atomic E-state index is -0.620. The monoisotopic (exact) mass is 269 g/mol. The smallest absolute Gasteiger partial charge is 0.358 e. The van der Waals surface area contributed by atoms with Crippen molar-refractivity contribution in [3.63, 3.8) is 0 Å². The standard InChI is InChI=1S/C11H15N3O5/c1-3-18-10(16)6-9(15)12-8-5-7(13-14-8)11(17)19-4-2/h5H,3-4,6H2,1-2H3,(H2,12,13,14,15). The minimum Gasteiger partial charge on any atom is -0.466 e. The van der Waals surface area contributed by atoms with E-state index in [0.29, 0.717) is 0 Å². The van der Waals surface area contributed by atoms with E-state index >= 15 is 0 Å². The van der Waals surface area contributed by atoms with E-state index < -0.39 is 24.3 Å². The lowest BCUT2D eigenvalue weighted by Gasteiger charge is -2.02. The number of rotatable bonds is 6. The highest BCUT2D eigenvalue weighted by molar-refractivity contribution is 6.01. The third-order valence-corrected chi connectivity index (χ3v) is 1.95. The zero-order valence-electron chi connectivity index (χ0n) is 10.7. The van der Waals surface area contributed by atoms with Crippen LogP contribution in [0.5, 0.6) is 0 Å². The molecule has 1 rings (SSSR count). The van der Waals surface area contributed by atoms with Crippen LogP contribution in [0.25, 0.3) is 0 Å². The summed E-state index contributed by atoms with van der Waals surface area (Å²) in [5.41, 5.74) is 0.0493. The summed E-state index contributed by atoms with van der Waals surface area (Å²) in [6.45, 7) is 3.77. The highest BCUT2D eigenvalue weighted by atomic mass is 16.5. The first-order chi connectivity index (χ1) is 9.06. The van der Waals surface area contributed by atoms with Crippen molar-refractivity contribution >= 4 is 23.7 Å². The van der Waals surface area contributed by atoms with E-state index in [2.05, 4.69) is 20.3 Å². The first-order valence-electron chi connectivity index (χ1n) is 5.74. The summed E-state index contributed by atoms with van der Waals surface area (Å²) in [5.74, 6) is -1.57. The van der Waals surface area contributed by atoms with Gasteiger partial charge in [0, 0.05) is 6.07 Å². The summed E-state index contributed by atoms with van der Waals surface area (Å²) < 4.78 is 9.36. The van der Waals surface area contributed by atoms with Gasteiger partial charge in [-0.1, -0.05) is 0 Å². The van der Waals surface area contributed by atoms with E-state index in [0.717, 1.165) is 0 Å². The van der Waals surface area contributed by atoms with Crippen molar-refractivity contribution in [2.45, 2.75) is 20.3 Å². The van der Waals surface area contributed by atoms with Crippen molar-refractivity contribution in [3.8, 4) is 0 Å². The normalized spacial score (nSPS) is 9.79. The molecule has 8 heteroatoms. The molecule has 0 bridgehead atoms. The van der Waals surface area contributed by atoms with Gasteiger partial charge in [-0.25, -0.2) is 4.79 Å². The van der Waals surface area contributed by atoms with Gasteiger partial charge in [-0.05, 0) is 13.8 Å². The van der Waals surface area contributed by atoms with Crippen molar-refractivity contribution in [1.82, 2.24) is 10.2 Å². The van der Waals surface area contributed by atoms with Crippen LogP contribution in [-0.2, 0) is 19.1 Å². The molecular formula is C11H15N3O5. The molecule has 0 spiro atoms. The number of nitrogens with zero attached hydrogens (tertiary/aromatic N) is 1. The minimum absolute atomic E-state index is 0.0493. The summed E-state index contributed by atoms with van der Waals surface area (Å²) in [5, 5.41) is 8.50. The maximum absolute atomic E-state index is 11.4. The summed E-state index contributed by atoms with van der Waals surface area (Å²) in [7, 11) is 0. The van der Waals surface area contributed by atoms with E-state index in [4.69, 9.17) is 4.74 Å². The molecular weight excluding hydrogens is 254 g/mol. The molecule has 0 atom stereocenters. The van der Waals surface area contributed by atoms with E-state index in [9.17, 15) is 14.4 Å². The molecule has 1 aromatic rings. The molecule has 104 valence electrons. The van der Waals surface area contributed by atoms with Crippen molar-refractivity contribution in [3.05, 3.63) is 11.8 Å². The maximum Gasteiger partial charge on any atom is 0.358 e. The molecule has 0 radical (unpaired) electrons. The van der Waals surface area contributed by atoms with Gasteiger partial charge in [0.2, 0.25) is 5.91 Å². The van der Waals surface area contributed by atoms with Gasteiger partial charge in [0.1, 0.15) is 12.2 Å². The van der Waals surface area contributed by atoms with Crippen molar-refractivity contribution in [2.24, 2.45) is 0 Å². The molecule has 0 aliphatic heterocycles. The lowest BCUT2D eigenvalue weighted by molar-refractivity contribution is -0.145. The Bertz CT molecular complexity index is 469. The van der Waals surface area contributed by atoms with Crippen LogP contribution in [0.2, 0.25) is 0 Å². The Morgan fingerprint density at radius 2 is 1.95 bits per heavy atom. The summed E-state index contributed by atoms with van der Waals surface area (Å²) >= 11 is 0. The lowest BCUT2D eigenvalue weighted by Crippen LogP contribution is -2.18. The third kappa shape index (κ3) is 4.78. The number of ether oxygens (including phenoxy) is 2. The third-order valence-electron chi connectivity index (χ3n) is 1.95. The van der Waals surface area contributed by atoms with Crippen molar-refractivity contribution in [2.75, 3.05) is 18.5 Å². The second-order valence-corrected chi connectivity index (χ2v) is 3.42. The largest absolute Gasteiger partial charge is 0.466 e.